The molecule has 2 N–H and O–H groups in total. The summed E-state index contributed by atoms with van der Waals surface area (Å²) in [5, 5.41) is 6.27. The van der Waals surface area contributed by atoms with Gasteiger partial charge in [0.25, 0.3) is 5.91 Å². The van der Waals surface area contributed by atoms with Gasteiger partial charge >= 0.3 is 5.97 Å². The maximum atomic E-state index is 12.2. The van der Waals surface area contributed by atoms with Crippen molar-refractivity contribution in [2.24, 2.45) is 0 Å². The number of aromatic nitrogens is 2. The lowest BCUT2D eigenvalue weighted by Gasteiger charge is -2.10. The molecule has 0 saturated carbocycles. The number of nitrogens with one attached hydrogen (secondary N) is 2. The molecule has 3 aromatic rings. The number of hydrogen-bond donors (Lipinski definition) is 2. The fraction of sp³-hybridized carbons (Fsp3) is 0.100. The molecule has 3 rings (SSSR count). The summed E-state index contributed by atoms with van der Waals surface area (Å²) in [6.45, 7) is 0.400. The zero-order valence-electron chi connectivity index (χ0n) is 15.0. The summed E-state index contributed by atoms with van der Waals surface area (Å²) >= 11 is 6.16. The first-order valence-corrected chi connectivity index (χ1v) is 8.72. The molecule has 28 heavy (non-hydrogen) atoms. The van der Waals surface area contributed by atoms with E-state index in [1.165, 1.54) is 13.3 Å². The molecule has 0 saturated heterocycles. The highest BCUT2D eigenvalue weighted by atomic mass is 35.5. The van der Waals surface area contributed by atoms with Crippen molar-refractivity contribution in [3.63, 3.8) is 0 Å². The average molecular weight is 397 g/mol. The molecule has 0 aliphatic carbocycles. The number of pyridine rings is 2. The van der Waals surface area contributed by atoms with Crippen LogP contribution in [0.4, 0.5) is 11.5 Å². The largest absolute Gasteiger partial charge is 0.465 e. The van der Waals surface area contributed by atoms with Gasteiger partial charge in [0, 0.05) is 25.1 Å². The van der Waals surface area contributed by atoms with E-state index in [0.717, 1.165) is 5.56 Å². The molecule has 8 heteroatoms. The van der Waals surface area contributed by atoms with Crippen LogP contribution in [0, 0.1) is 0 Å². The predicted octanol–water partition coefficient (Wildman–Crippen LogP) is 3.59. The molecule has 0 aliphatic heterocycles. The number of anilines is 2. The Kier molecular flexibility index (Phi) is 6.18. The first kappa shape index (κ1) is 19.3. The van der Waals surface area contributed by atoms with Crippen molar-refractivity contribution in [1.82, 2.24) is 15.3 Å². The SMILES string of the molecule is COC(=O)c1ccc(Cl)c(Nc2ccc(C(=O)NCc3ccncc3)cn2)c1. The number of halogens is 1. The molecule has 142 valence electrons. The molecule has 0 aliphatic rings. The summed E-state index contributed by atoms with van der Waals surface area (Å²) in [5.41, 5.74) is 2.25. The first-order chi connectivity index (χ1) is 13.6. The fourth-order valence-corrected chi connectivity index (χ4v) is 2.56. The molecule has 0 spiro atoms. The Hall–Kier alpha value is -3.45. The second-order valence-corrected chi connectivity index (χ2v) is 6.19. The molecule has 0 fully saturated rings. The molecule has 0 radical (unpaired) electrons. The van der Waals surface area contributed by atoms with Gasteiger partial charge in [0.1, 0.15) is 5.82 Å². The maximum absolute atomic E-state index is 12.2. The number of hydrogen-bond acceptors (Lipinski definition) is 6. The van der Waals surface area contributed by atoms with Crippen molar-refractivity contribution < 1.29 is 14.3 Å². The Bertz CT molecular complexity index is 979. The zero-order chi connectivity index (χ0) is 19.9. The number of amides is 1. The van der Waals surface area contributed by atoms with Gasteiger partial charge in [-0.25, -0.2) is 9.78 Å². The number of rotatable bonds is 6. The van der Waals surface area contributed by atoms with E-state index in [2.05, 4.69) is 20.6 Å². The lowest BCUT2D eigenvalue weighted by Crippen LogP contribution is -2.22. The number of carbonyl (C=O) groups excluding carboxylic acids is 2. The van der Waals surface area contributed by atoms with Crippen molar-refractivity contribution in [3.05, 3.63) is 82.8 Å². The van der Waals surface area contributed by atoms with Gasteiger partial charge < -0.3 is 15.4 Å². The fourth-order valence-electron chi connectivity index (χ4n) is 2.39. The van der Waals surface area contributed by atoms with Crippen LogP contribution in [0.2, 0.25) is 5.02 Å². The van der Waals surface area contributed by atoms with Gasteiger partial charge in [-0.05, 0) is 48.0 Å². The summed E-state index contributed by atoms with van der Waals surface area (Å²) < 4.78 is 4.71. The third-order valence-electron chi connectivity index (χ3n) is 3.88. The van der Waals surface area contributed by atoms with Gasteiger partial charge in [-0.1, -0.05) is 11.6 Å². The normalized spacial score (nSPS) is 10.2. The molecule has 0 unspecified atom stereocenters. The smallest absolute Gasteiger partial charge is 0.337 e. The third-order valence-corrected chi connectivity index (χ3v) is 4.21. The van der Waals surface area contributed by atoms with E-state index in [1.807, 2.05) is 12.1 Å². The Morgan fingerprint density at radius 1 is 1.07 bits per heavy atom. The monoisotopic (exact) mass is 396 g/mol. The maximum Gasteiger partial charge on any atom is 0.337 e. The predicted molar refractivity (Wildman–Crippen MR) is 106 cm³/mol. The van der Waals surface area contributed by atoms with Crippen molar-refractivity contribution in [1.29, 1.82) is 0 Å². The van der Waals surface area contributed by atoms with Crippen LogP contribution in [0.15, 0.2) is 61.1 Å². The third kappa shape index (κ3) is 4.83. The van der Waals surface area contributed by atoms with Crippen LogP contribution < -0.4 is 10.6 Å². The van der Waals surface area contributed by atoms with E-state index >= 15 is 0 Å². The molecule has 1 aromatic carbocycles. The van der Waals surface area contributed by atoms with Crippen LogP contribution >= 0.6 is 11.6 Å². The van der Waals surface area contributed by atoms with Crippen LogP contribution in [0.3, 0.4) is 0 Å². The lowest BCUT2D eigenvalue weighted by atomic mass is 10.2. The first-order valence-electron chi connectivity index (χ1n) is 8.35. The topological polar surface area (TPSA) is 93.2 Å². The molecular weight excluding hydrogens is 380 g/mol. The lowest BCUT2D eigenvalue weighted by molar-refractivity contribution is 0.0600. The van der Waals surface area contributed by atoms with Crippen molar-refractivity contribution in [3.8, 4) is 0 Å². The average Bonchev–Trinajstić information content (AvgIpc) is 2.74. The number of carbonyl (C=O) groups is 2. The quantitative estimate of drug-likeness (QED) is 0.618. The Labute approximate surface area is 166 Å². The Morgan fingerprint density at radius 3 is 2.50 bits per heavy atom. The van der Waals surface area contributed by atoms with Crippen LogP contribution in [-0.4, -0.2) is 29.0 Å². The van der Waals surface area contributed by atoms with Crippen molar-refractivity contribution in [2.75, 3.05) is 12.4 Å². The zero-order valence-corrected chi connectivity index (χ0v) is 15.7. The molecular formula is C20H17ClN4O3. The van der Waals surface area contributed by atoms with Crippen LogP contribution in [-0.2, 0) is 11.3 Å². The summed E-state index contributed by atoms with van der Waals surface area (Å²) in [6.07, 6.45) is 4.80. The van der Waals surface area contributed by atoms with E-state index in [-0.39, 0.29) is 5.91 Å². The van der Waals surface area contributed by atoms with Crippen LogP contribution in [0.25, 0.3) is 0 Å². The summed E-state index contributed by atoms with van der Waals surface area (Å²) in [5.74, 6) is -0.218. The minimum Gasteiger partial charge on any atom is -0.465 e. The second kappa shape index (κ2) is 8.96. The Balaban J connectivity index is 1.66. The minimum absolute atomic E-state index is 0.235. The molecule has 2 heterocycles. The molecule has 7 nitrogen and oxygen atoms in total. The number of benzene rings is 1. The number of methoxy groups -OCH3 is 1. The van der Waals surface area contributed by atoms with Gasteiger partial charge in [-0.2, -0.15) is 0 Å². The second-order valence-electron chi connectivity index (χ2n) is 5.78. The molecule has 2 aromatic heterocycles. The minimum atomic E-state index is -0.464. The van der Waals surface area contributed by atoms with Gasteiger partial charge in [0.15, 0.2) is 0 Å². The van der Waals surface area contributed by atoms with E-state index in [0.29, 0.717) is 34.2 Å². The van der Waals surface area contributed by atoms with Crippen LogP contribution in [0.5, 0.6) is 0 Å². The van der Waals surface area contributed by atoms with Gasteiger partial charge in [0.2, 0.25) is 0 Å². The molecule has 0 atom stereocenters. The van der Waals surface area contributed by atoms with E-state index in [1.54, 1.807) is 42.7 Å². The number of ether oxygens (including phenoxy) is 1. The van der Waals surface area contributed by atoms with Gasteiger partial charge in [-0.3, -0.25) is 9.78 Å². The summed E-state index contributed by atoms with van der Waals surface area (Å²) in [7, 11) is 1.31. The highest BCUT2D eigenvalue weighted by Gasteiger charge is 2.10. The highest BCUT2D eigenvalue weighted by molar-refractivity contribution is 6.33. The van der Waals surface area contributed by atoms with E-state index < -0.39 is 5.97 Å². The Morgan fingerprint density at radius 2 is 1.82 bits per heavy atom. The van der Waals surface area contributed by atoms with E-state index in [4.69, 9.17) is 16.3 Å². The van der Waals surface area contributed by atoms with Crippen LogP contribution in [0.1, 0.15) is 26.3 Å². The van der Waals surface area contributed by atoms with Gasteiger partial charge in [0.05, 0.1) is 28.9 Å². The van der Waals surface area contributed by atoms with E-state index in [9.17, 15) is 9.59 Å². The van der Waals surface area contributed by atoms with Gasteiger partial charge in [-0.15, -0.1) is 0 Å². The van der Waals surface area contributed by atoms with Crippen molar-refractivity contribution in [2.45, 2.75) is 6.54 Å². The van der Waals surface area contributed by atoms with Crippen molar-refractivity contribution >= 4 is 35.0 Å². The number of nitrogens with zero attached hydrogens (tertiary/aromatic N) is 2. The molecule has 0 bridgehead atoms. The standard InChI is InChI=1S/C20H17ClN4O3/c1-28-20(27)14-2-4-16(21)17(10-14)25-18-5-3-15(12-23-18)19(26)24-11-13-6-8-22-9-7-13/h2-10,12H,11H2,1H3,(H,23,25)(H,24,26). The molecule has 1 amide bonds. The summed E-state index contributed by atoms with van der Waals surface area (Å²) in [4.78, 5) is 32.1. The summed E-state index contributed by atoms with van der Waals surface area (Å²) in [6, 6.07) is 11.7. The number of esters is 1. The highest BCUT2D eigenvalue weighted by Crippen LogP contribution is 2.26.